The van der Waals surface area contributed by atoms with Crippen LogP contribution in [-0.2, 0) is 0 Å². The van der Waals surface area contributed by atoms with E-state index in [9.17, 15) is 0 Å². The van der Waals surface area contributed by atoms with Crippen molar-refractivity contribution in [2.45, 2.75) is 38.8 Å². The summed E-state index contributed by atoms with van der Waals surface area (Å²) in [6.45, 7) is 8.33. The van der Waals surface area contributed by atoms with Gasteiger partial charge in [-0.1, -0.05) is 26.0 Å². The fraction of sp³-hybridized carbons (Fsp3) is 0.647. The molecule has 0 bridgehead atoms. The van der Waals surface area contributed by atoms with E-state index in [1.54, 1.807) is 7.11 Å². The molecule has 1 aromatic rings. The van der Waals surface area contributed by atoms with E-state index < -0.39 is 0 Å². The average Bonchev–Trinajstić information content (AvgIpc) is 2.93. The fourth-order valence-electron chi connectivity index (χ4n) is 2.80. The van der Waals surface area contributed by atoms with Crippen molar-refractivity contribution in [2.75, 3.05) is 33.4 Å². The molecule has 21 heavy (non-hydrogen) atoms. The third kappa shape index (κ3) is 4.90. The molecule has 1 saturated heterocycles. The molecule has 0 radical (unpaired) electrons. The molecule has 1 aliphatic rings. The van der Waals surface area contributed by atoms with Crippen molar-refractivity contribution in [3.63, 3.8) is 0 Å². The molecule has 0 aliphatic carbocycles. The summed E-state index contributed by atoms with van der Waals surface area (Å²) in [6.07, 6.45) is 2.58. The monoisotopic (exact) mass is 292 g/mol. The molecule has 118 valence electrons. The first kappa shape index (κ1) is 16.1. The number of nitrogens with zero attached hydrogens (tertiary/aromatic N) is 1. The molecule has 1 aliphatic heterocycles. The van der Waals surface area contributed by atoms with Gasteiger partial charge in [0.05, 0.1) is 7.11 Å². The summed E-state index contributed by atoms with van der Waals surface area (Å²) in [4.78, 5) is 2.53. The molecule has 1 aromatic carbocycles. The minimum Gasteiger partial charge on any atom is -0.493 e. The average molecular weight is 292 g/mol. The van der Waals surface area contributed by atoms with Gasteiger partial charge in [-0.05, 0) is 31.5 Å². The number of para-hydroxylation sites is 2. The van der Waals surface area contributed by atoms with Crippen LogP contribution in [0.3, 0.4) is 0 Å². The number of benzene rings is 1. The van der Waals surface area contributed by atoms with Gasteiger partial charge in [0, 0.05) is 25.2 Å². The summed E-state index contributed by atoms with van der Waals surface area (Å²) < 4.78 is 11.2. The maximum atomic E-state index is 5.88. The lowest BCUT2D eigenvalue weighted by molar-refractivity contribution is 0.189. The van der Waals surface area contributed by atoms with Crippen molar-refractivity contribution < 1.29 is 9.47 Å². The molecule has 1 fully saturated rings. The number of rotatable bonds is 8. The Morgan fingerprint density at radius 2 is 2.05 bits per heavy atom. The predicted molar refractivity (Wildman–Crippen MR) is 86.2 cm³/mol. The zero-order valence-electron chi connectivity index (χ0n) is 13.5. The van der Waals surface area contributed by atoms with Gasteiger partial charge < -0.3 is 14.8 Å². The Bertz CT molecular complexity index is 423. The molecule has 1 N–H and O–H groups in total. The first-order valence-corrected chi connectivity index (χ1v) is 7.94. The van der Waals surface area contributed by atoms with Crippen LogP contribution in [0.2, 0.25) is 0 Å². The van der Waals surface area contributed by atoms with Crippen LogP contribution in [0, 0.1) is 0 Å². The molecule has 0 amide bonds. The number of hydrogen-bond acceptors (Lipinski definition) is 4. The second-order valence-electron chi connectivity index (χ2n) is 5.89. The lowest BCUT2D eigenvalue weighted by Gasteiger charge is -2.25. The minimum atomic E-state index is 0.553. The van der Waals surface area contributed by atoms with Gasteiger partial charge in [-0.15, -0.1) is 0 Å². The summed E-state index contributed by atoms with van der Waals surface area (Å²) in [5.41, 5.74) is 0. The molecule has 4 nitrogen and oxygen atoms in total. The van der Waals surface area contributed by atoms with Crippen molar-refractivity contribution in [3.8, 4) is 11.5 Å². The molecule has 0 aromatic heterocycles. The van der Waals surface area contributed by atoms with E-state index in [1.165, 1.54) is 19.4 Å². The van der Waals surface area contributed by atoms with Crippen molar-refractivity contribution in [3.05, 3.63) is 24.3 Å². The Balaban J connectivity index is 1.77. The molecule has 1 atom stereocenters. The van der Waals surface area contributed by atoms with Gasteiger partial charge in [-0.3, -0.25) is 4.90 Å². The van der Waals surface area contributed by atoms with Crippen molar-refractivity contribution in [2.24, 2.45) is 0 Å². The van der Waals surface area contributed by atoms with Crippen LogP contribution in [0.25, 0.3) is 0 Å². The van der Waals surface area contributed by atoms with E-state index in [-0.39, 0.29) is 0 Å². The zero-order valence-corrected chi connectivity index (χ0v) is 13.5. The van der Waals surface area contributed by atoms with E-state index >= 15 is 0 Å². The molecule has 1 heterocycles. The highest BCUT2D eigenvalue weighted by Crippen LogP contribution is 2.26. The predicted octanol–water partition coefficient (Wildman–Crippen LogP) is 2.54. The first-order valence-electron chi connectivity index (χ1n) is 7.94. The van der Waals surface area contributed by atoms with Gasteiger partial charge in [0.1, 0.15) is 6.61 Å². The Hall–Kier alpha value is -1.26. The number of likely N-dealkylation sites (tertiary alicyclic amines) is 1. The van der Waals surface area contributed by atoms with Crippen LogP contribution in [0.1, 0.15) is 26.7 Å². The smallest absolute Gasteiger partial charge is 0.161 e. The molecular formula is C17H28N2O2. The van der Waals surface area contributed by atoms with Crippen LogP contribution >= 0.6 is 0 Å². The Morgan fingerprint density at radius 3 is 2.76 bits per heavy atom. The lowest BCUT2D eigenvalue weighted by Crippen LogP contribution is -2.41. The first-order chi connectivity index (χ1) is 10.2. The summed E-state index contributed by atoms with van der Waals surface area (Å²) >= 11 is 0. The second-order valence-corrected chi connectivity index (χ2v) is 5.89. The van der Waals surface area contributed by atoms with Crippen LogP contribution in [-0.4, -0.2) is 50.3 Å². The number of hydrogen-bond donors (Lipinski definition) is 1. The van der Waals surface area contributed by atoms with Crippen LogP contribution in [0.15, 0.2) is 24.3 Å². The highest BCUT2D eigenvalue weighted by molar-refractivity contribution is 5.39. The SMILES string of the molecule is COc1ccccc1OCCN1CCCC1CNC(C)C. The fourth-order valence-corrected chi connectivity index (χ4v) is 2.80. The van der Waals surface area contributed by atoms with E-state index in [0.717, 1.165) is 24.6 Å². The molecule has 2 rings (SSSR count). The van der Waals surface area contributed by atoms with E-state index in [0.29, 0.717) is 18.7 Å². The zero-order chi connectivity index (χ0) is 15.1. The molecule has 0 spiro atoms. The summed E-state index contributed by atoms with van der Waals surface area (Å²) in [5, 5.41) is 3.54. The normalized spacial score (nSPS) is 19.1. The summed E-state index contributed by atoms with van der Waals surface area (Å²) in [6, 6.07) is 9.02. The summed E-state index contributed by atoms with van der Waals surface area (Å²) in [5.74, 6) is 1.63. The standard InChI is InChI=1S/C17H28N2O2/c1-14(2)18-13-15-7-6-10-19(15)11-12-21-17-9-5-4-8-16(17)20-3/h4-5,8-9,14-15,18H,6-7,10-13H2,1-3H3. The minimum absolute atomic E-state index is 0.553. The van der Waals surface area contributed by atoms with Gasteiger partial charge in [0.2, 0.25) is 0 Å². The Labute approximate surface area is 128 Å². The number of ether oxygens (including phenoxy) is 2. The molecule has 0 saturated carbocycles. The third-order valence-electron chi connectivity index (χ3n) is 3.97. The quantitative estimate of drug-likeness (QED) is 0.798. The highest BCUT2D eigenvalue weighted by Gasteiger charge is 2.24. The molecule has 1 unspecified atom stereocenters. The highest BCUT2D eigenvalue weighted by atomic mass is 16.5. The van der Waals surface area contributed by atoms with Crippen LogP contribution in [0.5, 0.6) is 11.5 Å². The second kappa shape index (κ2) is 8.25. The van der Waals surface area contributed by atoms with E-state index in [1.807, 2.05) is 24.3 Å². The van der Waals surface area contributed by atoms with Gasteiger partial charge in [0.25, 0.3) is 0 Å². The van der Waals surface area contributed by atoms with Gasteiger partial charge in [-0.2, -0.15) is 0 Å². The maximum absolute atomic E-state index is 5.88. The number of nitrogens with one attached hydrogen (secondary N) is 1. The van der Waals surface area contributed by atoms with Gasteiger partial charge in [0.15, 0.2) is 11.5 Å². The van der Waals surface area contributed by atoms with Crippen LogP contribution in [0.4, 0.5) is 0 Å². The van der Waals surface area contributed by atoms with Crippen molar-refractivity contribution in [1.82, 2.24) is 10.2 Å². The maximum Gasteiger partial charge on any atom is 0.161 e. The van der Waals surface area contributed by atoms with Crippen LogP contribution < -0.4 is 14.8 Å². The van der Waals surface area contributed by atoms with E-state index in [2.05, 4.69) is 24.1 Å². The molecule has 4 heteroatoms. The van der Waals surface area contributed by atoms with Gasteiger partial charge >= 0.3 is 0 Å². The topological polar surface area (TPSA) is 33.7 Å². The van der Waals surface area contributed by atoms with E-state index in [4.69, 9.17) is 9.47 Å². The lowest BCUT2D eigenvalue weighted by atomic mass is 10.2. The Kier molecular flexibility index (Phi) is 6.33. The van der Waals surface area contributed by atoms with Gasteiger partial charge in [-0.25, -0.2) is 0 Å². The largest absolute Gasteiger partial charge is 0.493 e. The number of methoxy groups -OCH3 is 1. The summed E-state index contributed by atoms with van der Waals surface area (Å²) in [7, 11) is 1.68. The third-order valence-corrected chi connectivity index (χ3v) is 3.97. The van der Waals surface area contributed by atoms with Crippen molar-refractivity contribution >= 4 is 0 Å². The molecular weight excluding hydrogens is 264 g/mol. The van der Waals surface area contributed by atoms with Crippen molar-refractivity contribution in [1.29, 1.82) is 0 Å². The Morgan fingerprint density at radius 1 is 1.29 bits per heavy atom.